The molecular weight excluding hydrogens is 324 g/mol. The summed E-state index contributed by atoms with van der Waals surface area (Å²) in [6, 6.07) is 5.51. The molecule has 1 aromatic rings. The maximum absolute atomic E-state index is 12.6. The van der Waals surface area contributed by atoms with Crippen LogP contribution in [0.2, 0.25) is 0 Å². The van der Waals surface area contributed by atoms with Gasteiger partial charge >= 0.3 is 12.6 Å². The first kappa shape index (κ1) is 16.6. The minimum absolute atomic E-state index is 0.0924. The number of nitrogens with zero attached hydrogens (tertiary/aromatic N) is 1. The number of carbonyl (C=O) groups is 2. The fraction of sp³-hybridized carbons (Fsp3) is 0.500. The lowest BCUT2D eigenvalue weighted by atomic mass is 9.74. The van der Waals surface area contributed by atoms with E-state index >= 15 is 0 Å². The van der Waals surface area contributed by atoms with Gasteiger partial charge in [0, 0.05) is 31.2 Å². The average Bonchev–Trinajstić information content (AvgIpc) is 2.94. The van der Waals surface area contributed by atoms with Gasteiger partial charge in [0.05, 0.1) is 12.0 Å². The number of amides is 1. The summed E-state index contributed by atoms with van der Waals surface area (Å²) < 4.78 is 34.2. The normalized spacial score (nSPS) is 26.3. The molecule has 2 fully saturated rings. The van der Waals surface area contributed by atoms with Gasteiger partial charge in [-0.25, -0.2) is 0 Å². The highest BCUT2D eigenvalue weighted by molar-refractivity contribution is 5.95. The lowest BCUT2D eigenvalue weighted by Crippen LogP contribution is -2.45. The number of alkyl halides is 2. The van der Waals surface area contributed by atoms with Crippen molar-refractivity contribution in [1.29, 1.82) is 0 Å². The van der Waals surface area contributed by atoms with Crippen molar-refractivity contribution < 1.29 is 33.0 Å². The fourth-order valence-corrected chi connectivity index (χ4v) is 3.44. The molecule has 0 unspecified atom stereocenters. The molecule has 0 bridgehead atoms. The third-order valence-electron chi connectivity index (χ3n) is 4.73. The van der Waals surface area contributed by atoms with Crippen molar-refractivity contribution in [2.75, 3.05) is 26.3 Å². The number of ether oxygens (including phenoxy) is 2. The smallest absolute Gasteiger partial charge is 0.387 e. The molecule has 2 atom stereocenters. The molecule has 3 rings (SSSR count). The molecule has 1 amide bonds. The summed E-state index contributed by atoms with van der Waals surface area (Å²) in [4.78, 5) is 25.8. The minimum Gasteiger partial charge on any atom is -0.481 e. The van der Waals surface area contributed by atoms with E-state index in [9.17, 15) is 23.5 Å². The number of hydrogen-bond acceptors (Lipinski definition) is 4. The van der Waals surface area contributed by atoms with E-state index in [1.807, 2.05) is 0 Å². The van der Waals surface area contributed by atoms with Gasteiger partial charge in [-0.05, 0) is 24.6 Å². The number of rotatable bonds is 4. The Balaban J connectivity index is 1.80. The Hall–Kier alpha value is -2.22. The Labute approximate surface area is 137 Å². The summed E-state index contributed by atoms with van der Waals surface area (Å²) in [6.07, 6.45) is 0.352. The predicted molar refractivity (Wildman–Crippen MR) is 78.0 cm³/mol. The van der Waals surface area contributed by atoms with E-state index in [0.29, 0.717) is 19.6 Å². The molecule has 1 N–H and O–H groups in total. The monoisotopic (exact) mass is 341 g/mol. The zero-order chi connectivity index (χ0) is 17.3. The van der Waals surface area contributed by atoms with E-state index in [-0.39, 0.29) is 30.3 Å². The summed E-state index contributed by atoms with van der Waals surface area (Å²) in [6.45, 7) is -1.97. The summed E-state index contributed by atoms with van der Waals surface area (Å²) in [5, 5.41) is 9.62. The van der Waals surface area contributed by atoms with Crippen LogP contribution in [0, 0.1) is 11.3 Å². The van der Waals surface area contributed by atoms with E-state index in [1.54, 1.807) is 0 Å². The summed E-state index contributed by atoms with van der Waals surface area (Å²) in [7, 11) is 0. The number of hydrogen-bond donors (Lipinski definition) is 1. The van der Waals surface area contributed by atoms with Crippen molar-refractivity contribution in [1.82, 2.24) is 4.90 Å². The number of carboxylic acids is 1. The quantitative estimate of drug-likeness (QED) is 0.904. The Kier molecular flexibility index (Phi) is 4.40. The van der Waals surface area contributed by atoms with Crippen molar-refractivity contribution in [3.8, 4) is 5.75 Å². The van der Waals surface area contributed by atoms with Gasteiger partial charge in [-0.3, -0.25) is 9.59 Å². The topological polar surface area (TPSA) is 76.1 Å². The maximum atomic E-state index is 12.6. The lowest BCUT2D eigenvalue weighted by Gasteiger charge is -2.33. The average molecular weight is 341 g/mol. The molecule has 2 aliphatic rings. The number of fused-ring (bicyclic) bond motifs is 1. The van der Waals surface area contributed by atoms with Crippen molar-refractivity contribution in [2.45, 2.75) is 13.0 Å². The van der Waals surface area contributed by atoms with E-state index in [2.05, 4.69) is 4.74 Å². The van der Waals surface area contributed by atoms with Crippen LogP contribution in [0.4, 0.5) is 8.78 Å². The van der Waals surface area contributed by atoms with Gasteiger partial charge in [-0.15, -0.1) is 0 Å². The fourth-order valence-electron chi connectivity index (χ4n) is 3.44. The van der Waals surface area contributed by atoms with Crippen LogP contribution in [0.15, 0.2) is 24.3 Å². The zero-order valence-corrected chi connectivity index (χ0v) is 12.8. The highest BCUT2D eigenvalue weighted by atomic mass is 19.3. The third kappa shape index (κ3) is 2.93. The van der Waals surface area contributed by atoms with Gasteiger partial charge in [0.2, 0.25) is 0 Å². The number of likely N-dealkylation sites (tertiary alicyclic amines) is 1. The lowest BCUT2D eigenvalue weighted by molar-refractivity contribution is -0.157. The molecule has 0 saturated carbocycles. The molecule has 2 saturated heterocycles. The van der Waals surface area contributed by atoms with Gasteiger partial charge in [0.1, 0.15) is 5.75 Å². The number of aliphatic carboxylic acids is 1. The van der Waals surface area contributed by atoms with E-state index in [4.69, 9.17) is 4.74 Å². The molecule has 130 valence electrons. The second-order valence-corrected chi connectivity index (χ2v) is 6.08. The zero-order valence-electron chi connectivity index (χ0n) is 12.8. The highest BCUT2D eigenvalue weighted by Gasteiger charge is 2.54. The van der Waals surface area contributed by atoms with E-state index in [1.165, 1.54) is 29.2 Å². The molecule has 0 radical (unpaired) electrons. The summed E-state index contributed by atoms with van der Waals surface area (Å²) in [5.41, 5.74) is -0.807. The molecule has 0 aromatic heterocycles. The van der Waals surface area contributed by atoms with Gasteiger partial charge in [0.25, 0.3) is 5.91 Å². The molecule has 0 spiro atoms. The van der Waals surface area contributed by atoms with Crippen LogP contribution in [0.1, 0.15) is 16.8 Å². The minimum atomic E-state index is -2.97. The Morgan fingerprint density at radius 1 is 1.42 bits per heavy atom. The maximum Gasteiger partial charge on any atom is 0.387 e. The summed E-state index contributed by atoms with van der Waals surface area (Å²) in [5.74, 6) is -1.71. The molecule has 2 heterocycles. The van der Waals surface area contributed by atoms with E-state index < -0.39 is 23.9 Å². The van der Waals surface area contributed by atoms with Crippen molar-refractivity contribution in [3.05, 3.63) is 29.8 Å². The Bertz CT molecular complexity index is 653. The van der Waals surface area contributed by atoms with Gasteiger partial charge in [0.15, 0.2) is 0 Å². The molecule has 8 heteroatoms. The van der Waals surface area contributed by atoms with Gasteiger partial charge in [-0.1, -0.05) is 6.07 Å². The van der Waals surface area contributed by atoms with Crippen LogP contribution in [0.25, 0.3) is 0 Å². The number of carbonyl (C=O) groups excluding carboxylic acids is 1. The highest BCUT2D eigenvalue weighted by Crippen LogP contribution is 2.42. The first-order valence-corrected chi connectivity index (χ1v) is 7.58. The van der Waals surface area contributed by atoms with Crippen molar-refractivity contribution >= 4 is 11.9 Å². The van der Waals surface area contributed by atoms with Crippen molar-refractivity contribution in [2.24, 2.45) is 11.3 Å². The van der Waals surface area contributed by atoms with Crippen LogP contribution >= 0.6 is 0 Å². The first-order chi connectivity index (χ1) is 11.4. The number of carboxylic acid groups (broad SMARTS) is 1. The van der Waals surface area contributed by atoms with Crippen LogP contribution in [-0.2, 0) is 9.53 Å². The predicted octanol–water partition coefficient (Wildman–Crippen LogP) is 1.85. The molecule has 24 heavy (non-hydrogen) atoms. The molecule has 0 aliphatic carbocycles. The second kappa shape index (κ2) is 6.35. The third-order valence-corrected chi connectivity index (χ3v) is 4.73. The number of halogens is 2. The van der Waals surface area contributed by atoms with Crippen molar-refractivity contribution in [3.63, 3.8) is 0 Å². The standard InChI is InChI=1S/C16H17F2NO5/c17-15(18)24-12-3-1-2-10(6-12)13(20)19-7-11-8-23-5-4-16(11,9-19)14(21)22/h1-3,6,11,15H,4-5,7-9H2,(H,21,22)/t11-,16+/m0/s1. The molecule has 2 aliphatic heterocycles. The largest absolute Gasteiger partial charge is 0.481 e. The Morgan fingerprint density at radius 3 is 2.88 bits per heavy atom. The molecule has 6 nitrogen and oxygen atoms in total. The number of benzene rings is 1. The molecule has 1 aromatic carbocycles. The van der Waals surface area contributed by atoms with Gasteiger partial charge < -0.3 is 19.5 Å². The summed E-state index contributed by atoms with van der Waals surface area (Å²) >= 11 is 0. The van der Waals surface area contributed by atoms with Gasteiger partial charge in [-0.2, -0.15) is 8.78 Å². The second-order valence-electron chi connectivity index (χ2n) is 6.08. The first-order valence-electron chi connectivity index (χ1n) is 7.58. The molecular formula is C16H17F2NO5. The van der Waals surface area contributed by atoms with Crippen LogP contribution in [0.3, 0.4) is 0 Å². The van der Waals surface area contributed by atoms with Crippen LogP contribution in [-0.4, -0.2) is 54.8 Å². The van der Waals surface area contributed by atoms with E-state index in [0.717, 1.165) is 0 Å². The van der Waals surface area contributed by atoms with Crippen LogP contribution in [0.5, 0.6) is 5.75 Å². The van der Waals surface area contributed by atoms with Crippen LogP contribution < -0.4 is 4.74 Å². The Morgan fingerprint density at radius 2 is 2.21 bits per heavy atom. The SMILES string of the molecule is O=C(c1cccc(OC(F)F)c1)N1C[C@H]2COCC[C@@]2(C(=O)O)C1.